The fourth-order valence-corrected chi connectivity index (χ4v) is 2.93. The Bertz CT molecular complexity index is 955. The number of ether oxygens (including phenoxy) is 1. The lowest BCUT2D eigenvalue weighted by atomic mass is 10.0. The largest absolute Gasteiger partial charge is 0.497 e. The van der Waals surface area contributed by atoms with Gasteiger partial charge in [-0.15, -0.1) is 0 Å². The molecule has 1 aromatic heterocycles. The summed E-state index contributed by atoms with van der Waals surface area (Å²) in [5, 5.41) is 2.98. The Labute approximate surface area is 162 Å². The summed E-state index contributed by atoms with van der Waals surface area (Å²) < 4.78 is 33.4. The number of amides is 1. The van der Waals surface area contributed by atoms with Crippen LogP contribution in [0.2, 0.25) is 0 Å². The van der Waals surface area contributed by atoms with Crippen molar-refractivity contribution in [3.8, 4) is 5.75 Å². The van der Waals surface area contributed by atoms with Crippen molar-refractivity contribution in [2.24, 2.45) is 7.05 Å². The smallest absolute Gasteiger partial charge is 0.221 e. The summed E-state index contributed by atoms with van der Waals surface area (Å²) in [5.41, 5.74) is 1.42. The standard InChI is InChI=1S/C21H21F2N3O2/c1-26-12-11-24-21(26)20(15-5-7-16(28-2)8-6-15)25-19(27)10-4-14-3-9-17(22)18(23)13-14/h3,5-9,11-13,20H,4,10H2,1-2H3,(H,25,27). The predicted octanol–water partition coefficient (Wildman–Crippen LogP) is 3.55. The molecule has 1 amide bonds. The molecule has 0 aliphatic carbocycles. The first-order valence-electron chi connectivity index (χ1n) is 8.82. The van der Waals surface area contributed by atoms with Crippen LogP contribution in [0.3, 0.4) is 0 Å². The number of hydrogen-bond acceptors (Lipinski definition) is 3. The van der Waals surface area contributed by atoms with E-state index in [4.69, 9.17) is 4.74 Å². The van der Waals surface area contributed by atoms with Crippen LogP contribution in [0.15, 0.2) is 54.9 Å². The second kappa shape index (κ2) is 8.65. The summed E-state index contributed by atoms with van der Waals surface area (Å²) in [6.07, 6.45) is 3.92. The molecule has 3 aromatic rings. The highest BCUT2D eigenvalue weighted by molar-refractivity contribution is 5.77. The third kappa shape index (κ3) is 4.54. The zero-order valence-electron chi connectivity index (χ0n) is 15.7. The summed E-state index contributed by atoms with van der Waals surface area (Å²) >= 11 is 0. The molecule has 5 nitrogen and oxygen atoms in total. The maximum absolute atomic E-state index is 13.3. The normalized spacial score (nSPS) is 11.9. The van der Waals surface area contributed by atoms with Gasteiger partial charge in [-0.2, -0.15) is 0 Å². The van der Waals surface area contributed by atoms with E-state index in [1.807, 2.05) is 35.9 Å². The zero-order chi connectivity index (χ0) is 20.1. The van der Waals surface area contributed by atoms with Gasteiger partial charge in [0.1, 0.15) is 17.6 Å². The number of hydrogen-bond donors (Lipinski definition) is 1. The van der Waals surface area contributed by atoms with E-state index < -0.39 is 17.7 Å². The maximum atomic E-state index is 13.3. The van der Waals surface area contributed by atoms with E-state index in [1.54, 1.807) is 19.5 Å². The number of nitrogens with one attached hydrogen (secondary N) is 1. The van der Waals surface area contributed by atoms with Crippen molar-refractivity contribution in [3.63, 3.8) is 0 Å². The van der Waals surface area contributed by atoms with Crippen LogP contribution in [-0.4, -0.2) is 22.6 Å². The van der Waals surface area contributed by atoms with Crippen molar-refractivity contribution < 1.29 is 18.3 Å². The molecule has 1 heterocycles. The average Bonchev–Trinajstić information content (AvgIpc) is 3.13. The molecule has 0 aliphatic rings. The minimum absolute atomic E-state index is 0.141. The Morgan fingerprint density at radius 3 is 2.54 bits per heavy atom. The fraction of sp³-hybridized carbons (Fsp3) is 0.238. The van der Waals surface area contributed by atoms with E-state index in [1.165, 1.54) is 6.07 Å². The Hall–Kier alpha value is -3.22. The third-order valence-corrected chi connectivity index (χ3v) is 4.50. The van der Waals surface area contributed by atoms with E-state index in [-0.39, 0.29) is 12.3 Å². The molecule has 1 atom stereocenters. The molecular weight excluding hydrogens is 364 g/mol. The van der Waals surface area contributed by atoms with Gasteiger partial charge in [0.15, 0.2) is 11.6 Å². The molecule has 0 saturated heterocycles. The second-order valence-electron chi connectivity index (χ2n) is 6.42. The van der Waals surface area contributed by atoms with Gasteiger partial charge in [-0.1, -0.05) is 18.2 Å². The molecule has 0 saturated carbocycles. The van der Waals surface area contributed by atoms with Gasteiger partial charge < -0.3 is 14.6 Å². The fourth-order valence-electron chi connectivity index (χ4n) is 2.93. The highest BCUT2D eigenvalue weighted by Gasteiger charge is 2.20. The summed E-state index contributed by atoms with van der Waals surface area (Å²) in [7, 11) is 3.44. The lowest BCUT2D eigenvalue weighted by Crippen LogP contribution is -2.31. The van der Waals surface area contributed by atoms with Crippen LogP contribution in [-0.2, 0) is 18.3 Å². The summed E-state index contributed by atoms with van der Waals surface area (Å²) in [5.74, 6) is -0.628. The Balaban J connectivity index is 1.74. The third-order valence-electron chi connectivity index (χ3n) is 4.50. The average molecular weight is 385 g/mol. The number of rotatable bonds is 7. The minimum atomic E-state index is -0.915. The molecule has 0 radical (unpaired) electrons. The van der Waals surface area contributed by atoms with Gasteiger partial charge in [0, 0.05) is 25.9 Å². The number of benzene rings is 2. The molecule has 28 heavy (non-hydrogen) atoms. The first kappa shape index (κ1) is 19.5. The van der Waals surface area contributed by atoms with Gasteiger partial charge in [0.2, 0.25) is 5.91 Å². The molecule has 0 fully saturated rings. The van der Waals surface area contributed by atoms with Gasteiger partial charge in [0.25, 0.3) is 0 Å². The molecule has 0 aliphatic heterocycles. The van der Waals surface area contributed by atoms with Crippen molar-refractivity contribution >= 4 is 5.91 Å². The van der Waals surface area contributed by atoms with Gasteiger partial charge >= 0.3 is 0 Å². The highest BCUT2D eigenvalue weighted by Crippen LogP contribution is 2.23. The lowest BCUT2D eigenvalue weighted by molar-refractivity contribution is -0.121. The van der Waals surface area contributed by atoms with E-state index in [0.717, 1.165) is 17.7 Å². The van der Waals surface area contributed by atoms with Crippen LogP contribution in [0.25, 0.3) is 0 Å². The van der Waals surface area contributed by atoms with Crippen LogP contribution in [0, 0.1) is 11.6 Å². The number of carbonyl (C=O) groups excluding carboxylic acids is 1. The molecule has 7 heteroatoms. The van der Waals surface area contributed by atoms with Crippen LogP contribution in [0.5, 0.6) is 5.75 Å². The number of carbonyl (C=O) groups is 1. The molecule has 2 aromatic carbocycles. The van der Waals surface area contributed by atoms with Crippen LogP contribution >= 0.6 is 0 Å². The van der Waals surface area contributed by atoms with Crippen molar-refractivity contribution in [1.29, 1.82) is 0 Å². The Kier molecular flexibility index (Phi) is 6.03. The summed E-state index contributed by atoms with van der Waals surface area (Å²) in [6.45, 7) is 0. The van der Waals surface area contributed by atoms with Gasteiger partial charge in [-0.25, -0.2) is 13.8 Å². The maximum Gasteiger partial charge on any atom is 0.221 e. The van der Waals surface area contributed by atoms with E-state index in [0.29, 0.717) is 23.6 Å². The number of aromatic nitrogens is 2. The van der Waals surface area contributed by atoms with E-state index >= 15 is 0 Å². The lowest BCUT2D eigenvalue weighted by Gasteiger charge is -2.19. The first-order valence-corrected chi connectivity index (χ1v) is 8.82. The molecular formula is C21H21F2N3O2. The van der Waals surface area contributed by atoms with Crippen LogP contribution in [0.1, 0.15) is 29.4 Å². The SMILES string of the molecule is COc1ccc(C(NC(=O)CCc2ccc(F)c(F)c2)c2nccn2C)cc1. The van der Waals surface area contributed by atoms with Crippen molar-refractivity contribution in [3.05, 3.63) is 83.4 Å². The van der Waals surface area contributed by atoms with Crippen molar-refractivity contribution in [1.82, 2.24) is 14.9 Å². The second-order valence-corrected chi connectivity index (χ2v) is 6.42. The van der Waals surface area contributed by atoms with Crippen molar-refractivity contribution in [2.75, 3.05) is 7.11 Å². The molecule has 0 spiro atoms. The Morgan fingerprint density at radius 2 is 1.93 bits per heavy atom. The number of imidazole rings is 1. The molecule has 1 unspecified atom stereocenters. The zero-order valence-corrected chi connectivity index (χ0v) is 15.7. The Morgan fingerprint density at radius 1 is 1.18 bits per heavy atom. The number of aryl methyl sites for hydroxylation is 2. The minimum Gasteiger partial charge on any atom is -0.497 e. The predicted molar refractivity (Wildman–Crippen MR) is 101 cm³/mol. The highest BCUT2D eigenvalue weighted by atomic mass is 19.2. The number of nitrogens with zero attached hydrogens (tertiary/aromatic N) is 2. The number of methoxy groups -OCH3 is 1. The van der Waals surface area contributed by atoms with E-state index in [2.05, 4.69) is 10.3 Å². The molecule has 146 valence electrons. The van der Waals surface area contributed by atoms with Crippen LogP contribution < -0.4 is 10.1 Å². The van der Waals surface area contributed by atoms with Crippen molar-refractivity contribution in [2.45, 2.75) is 18.9 Å². The van der Waals surface area contributed by atoms with Gasteiger partial charge in [-0.3, -0.25) is 4.79 Å². The number of halogens is 2. The van der Waals surface area contributed by atoms with E-state index in [9.17, 15) is 13.6 Å². The topological polar surface area (TPSA) is 56.1 Å². The summed E-state index contributed by atoms with van der Waals surface area (Å²) in [6, 6.07) is 10.6. The van der Waals surface area contributed by atoms with Gasteiger partial charge in [0.05, 0.1) is 7.11 Å². The molecule has 1 N–H and O–H groups in total. The molecule has 3 rings (SSSR count). The quantitative estimate of drug-likeness (QED) is 0.677. The van der Waals surface area contributed by atoms with Gasteiger partial charge in [-0.05, 0) is 41.8 Å². The monoisotopic (exact) mass is 385 g/mol. The summed E-state index contributed by atoms with van der Waals surface area (Å²) in [4.78, 5) is 16.9. The molecule has 0 bridgehead atoms. The van der Waals surface area contributed by atoms with Crippen LogP contribution in [0.4, 0.5) is 8.78 Å². The first-order chi connectivity index (χ1) is 13.5.